The Morgan fingerprint density at radius 3 is 2.63 bits per heavy atom. The largest absolute Gasteiger partial charge is 0.378 e. The lowest BCUT2D eigenvalue weighted by Crippen LogP contribution is -2.44. The van der Waals surface area contributed by atoms with Crippen molar-refractivity contribution >= 4 is 36.0 Å². The average Bonchev–Trinajstić information content (AvgIpc) is 2.45. The van der Waals surface area contributed by atoms with E-state index in [-0.39, 0.29) is 24.0 Å². The SMILES string of the molecule is I.NC(=NCC=Cc1ccccc1)N1CCOCC1. The van der Waals surface area contributed by atoms with Gasteiger partial charge in [-0.3, -0.25) is 0 Å². The van der Waals surface area contributed by atoms with Gasteiger partial charge < -0.3 is 15.4 Å². The van der Waals surface area contributed by atoms with Crippen LogP contribution in [-0.4, -0.2) is 43.7 Å². The van der Waals surface area contributed by atoms with Gasteiger partial charge in [-0.05, 0) is 5.56 Å². The number of ether oxygens (including phenoxy) is 1. The van der Waals surface area contributed by atoms with Gasteiger partial charge in [0.2, 0.25) is 0 Å². The molecule has 1 aliphatic rings. The molecule has 0 aromatic heterocycles. The fourth-order valence-corrected chi connectivity index (χ4v) is 1.79. The molecule has 5 heteroatoms. The van der Waals surface area contributed by atoms with Gasteiger partial charge in [-0.1, -0.05) is 42.5 Å². The van der Waals surface area contributed by atoms with Crippen LogP contribution in [-0.2, 0) is 4.74 Å². The summed E-state index contributed by atoms with van der Waals surface area (Å²) in [6.07, 6.45) is 4.07. The lowest BCUT2D eigenvalue weighted by atomic mass is 10.2. The van der Waals surface area contributed by atoms with Gasteiger partial charge in [0.15, 0.2) is 5.96 Å². The van der Waals surface area contributed by atoms with Gasteiger partial charge in [-0.2, -0.15) is 0 Å². The van der Waals surface area contributed by atoms with Crippen LogP contribution in [0.2, 0.25) is 0 Å². The minimum Gasteiger partial charge on any atom is -0.378 e. The van der Waals surface area contributed by atoms with Crippen molar-refractivity contribution in [3.63, 3.8) is 0 Å². The Balaban J connectivity index is 0.00000180. The lowest BCUT2D eigenvalue weighted by Gasteiger charge is -2.27. The number of halogens is 1. The number of aliphatic imine (C=N–C) groups is 1. The maximum atomic E-state index is 5.91. The van der Waals surface area contributed by atoms with Crippen LogP contribution in [0.1, 0.15) is 5.56 Å². The summed E-state index contributed by atoms with van der Waals surface area (Å²) in [5.41, 5.74) is 7.09. The van der Waals surface area contributed by atoms with Crippen molar-refractivity contribution in [1.29, 1.82) is 0 Å². The third-order valence-corrected chi connectivity index (χ3v) is 2.80. The van der Waals surface area contributed by atoms with Gasteiger partial charge in [-0.15, -0.1) is 24.0 Å². The highest BCUT2D eigenvalue weighted by Crippen LogP contribution is 2.01. The zero-order valence-corrected chi connectivity index (χ0v) is 13.2. The summed E-state index contributed by atoms with van der Waals surface area (Å²) >= 11 is 0. The zero-order valence-electron chi connectivity index (χ0n) is 10.9. The first-order chi connectivity index (χ1) is 8.86. The van der Waals surface area contributed by atoms with Gasteiger partial charge in [0.1, 0.15) is 0 Å². The van der Waals surface area contributed by atoms with E-state index in [9.17, 15) is 0 Å². The second-order valence-electron chi connectivity index (χ2n) is 4.11. The van der Waals surface area contributed by atoms with Gasteiger partial charge in [0.05, 0.1) is 19.8 Å². The Labute approximate surface area is 131 Å². The van der Waals surface area contributed by atoms with Gasteiger partial charge in [0, 0.05) is 13.1 Å². The van der Waals surface area contributed by atoms with E-state index in [1.54, 1.807) is 0 Å². The zero-order chi connectivity index (χ0) is 12.6. The van der Waals surface area contributed by atoms with Crippen molar-refractivity contribution in [3.8, 4) is 0 Å². The number of nitrogens with two attached hydrogens (primary N) is 1. The van der Waals surface area contributed by atoms with E-state index < -0.39 is 0 Å². The van der Waals surface area contributed by atoms with Crippen molar-refractivity contribution in [3.05, 3.63) is 42.0 Å². The molecule has 19 heavy (non-hydrogen) atoms. The van der Waals surface area contributed by atoms with Crippen molar-refractivity contribution in [2.45, 2.75) is 0 Å². The van der Waals surface area contributed by atoms with E-state index >= 15 is 0 Å². The van der Waals surface area contributed by atoms with Crippen LogP contribution < -0.4 is 5.73 Å². The molecule has 2 N–H and O–H groups in total. The van der Waals surface area contributed by atoms with Crippen molar-refractivity contribution in [2.24, 2.45) is 10.7 Å². The molecule has 104 valence electrons. The van der Waals surface area contributed by atoms with Gasteiger partial charge >= 0.3 is 0 Å². The standard InChI is InChI=1S/C14H19N3O.HI/c15-14(17-9-11-18-12-10-17)16-8-4-7-13-5-2-1-3-6-13;/h1-7H,8-12H2,(H2,15,16);1H. The normalized spacial score (nSPS) is 16.4. The number of hydrogen-bond donors (Lipinski definition) is 1. The van der Waals surface area contributed by atoms with Crippen LogP contribution >= 0.6 is 24.0 Å². The van der Waals surface area contributed by atoms with Crippen molar-refractivity contribution in [2.75, 3.05) is 32.8 Å². The molecule has 2 rings (SSSR count). The maximum absolute atomic E-state index is 5.91. The first kappa shape index (κ1) is 16.0. The monoisotopic (exact) mass is 373 g/mol. The molecular weight excluding hydrogens is 353 g/mol. The van der Waals surface area contributed by atoms with E-state index in [0.717, 1.165) is 26.3 Å². The number of guanidine groups is 1. The minimum absolute atomic E-state index is 0. The highest BCUT2D eigenvalue weighted by atomic mass is 127. The highest BCUT2D eigenvalue weighted by Gasteiger charge is 2.11. The summed E-state index contributed by atoms with van der Waals surface area (Å²) in [7, 11) is 0. The Hall–Kier alpha value is -1.08. The number of morpholine rings is 1. The van der Waals surface area contributed by atoms with E-state index in [1.165, 1.54) is 5.56 Å². The molecule has 0 unspecified atom stereocenters. The van der Waals surface area contributed by atoms with Crippen LogP contribution in [0.25, 0.3) is 6.08 Å². The quantitative estimate of drug-likeness (QED) is 0.501. The van der Waals surface area contributed by atoms with Crippen LogP contribution in [0.4, 0.5) is 0 Å². The van der Waals surface area contributed by atoms with E-state index in [2.05, 4.69) is 28.1 Å². The molecule has 1 aromatic rings. The molecule has 1 heterocycles. The molecule has 0 amide bonds. The molecule has 0 spiro atoms. The highest BCUT2D eigenvalue weighted by molar-refractivity contribution is 14.0. The molecule has 0 radical (unpaired) electrons. The van der Waals surface area contributed by atoms with Crippen LogP contribution in [0.3, 0.4) is 0 Å². The summed E-state index contributed by atoms with van der Waals surface area (Å²) in [6.45, 7) is 3.74. The summed E-state index contributed by atoms with van der Waals surface area (Å²) in [4.78, 5) is 6.40. The minimum atomic E-state index is 0. The number of hydrogen-bond acceptors (Lipinski definition) is 2. The lowest BCUT2D eigenvalue weighted by molar-refractivity contribution is 0.0674. The number of nitrogens with zero attached hydrogens (tertiary/aromatic N) is 2. The number of rotatable bonds is 3. The first-order valence-corrected chi connectivity index (χ1v) is 6.20. The molecule has 0 bridgehead atoms. The Morgan fingerprint density at radius 2 is 1.95 bits per heavy atom. The van der Waals surface area contributed by atoms with Gasteiger partial charge in [0.25, 0.3) is 0 Å². The topological polar surface area (TPSA) is 50.8 Å². The average molecular weight is 373 g/mol. The number of benzene rings is 1. The second kappa shape index (κ2) is 8.92. The molecule has 0 saturated carbocycles. The maximum Gasteiger partial charge on any atom is 0.191 e. The predicted octanol–water partition coefficient (Wildman–Crippen LogP) is 1.96. The summed E-state index contributed by atoms with van der Waals surface area (Å²) in [6, 6.07) is 10.2. The first-order valence-electron chi connectivity index (χ1n) is 6.20. The van der Waals surface area contributed by atoms with E-state index in [0.29, 0.717) is 12.5 Å². The smallest absolute Gasteiger partial charge is 0.191 e. The third kappa shape index (κ3) is 5.61. The van der Waals surface area contributed by atoms with Crippen molar-refractivity contribution in [1.82, 2.24) is 4.90 Å². The summed E-state index contributed by atoms with van der Waals surface area (Å²) in [5.74, 6) is 0.607. The Morgan fingerprint density at radius 1 is 1.26 bits per heavy atom. The summed E-state index contributed by atoms with van der Waals surface area (Å²) in [5, 5.41) is 0. The fraction of sp³-hybridized carbons (Fsp3) is 0.357. The van der Waals surface area contributed by atoms with Crippen LogP contribution in [0, 0.1) is 0 Å². The molecule has 1 fully saturated rings. The Bertz CT molecular complexity index is 414. The molecule has 1 aromatic carbocycles. The molecule has 0 aliphatic carbocycles. The molecule has 1 saturated heterocycles. The van der Waals surface area contributed by atoms with Gasteiger partial charge in [-0.25, -0.2) is 4.99 Å². The summed E-state index contributed by atoms with van der Waals surface area (Å²) < 4.78 is 5.27. The Kier molecular flexibility index (Phi) is 7.50. The van der Waals surface area contributed by atoms with E-state index in [4.69, 9.17) is 10.5 Å². The molecule has 4 nitrogen and oxygen atoms in total. The van der Waals surface area contributed by atoms with Crippen LogP contribution in [0.5, 0.6) is 0 Å². The third-order valence-electron chi connectivity index (χ3n) is 2.80. The predicted molar refractivity (Wildman–Crippen MR) is 89.8 cm³/mol. The van der Waals surface area contributed by atoms with Crippen LogP contribution in [0.15, 0.2) is 41.4 Å². The van der Waals surface area contributed by atoms with E-state index in [1.807, 2.05) is 24.3 Å². The molecule has 0 atom stereocenters. The molecule has 1 aliphatic heterocycles. The molecular formula is C14H20IN3O. The second-order valence-corrected chi connectivity index (χ2v) is 4.11. The van der Waals surface area contributed by atoms with Crippen molar-refractivity contribution < 1.29 is 4.74 Å². The fourth-order valence-electron chi connectivity index (χ4n) is 1.79.